The Balaban J connectivity index is 0.000000331. The Labute approximate surface area is 196 Å². The third kappa shape index (κ3) is 10.8. The highest BCUT2D eigenvalue weighted by Gasteiger charge is 2.32. The van der Waals surface area contributed by atoms with Gasteiger partial charge >= 0.3 is 24.1 Å². The molecule has 0 radical (unpaired) electrons. The highest BCUT2D eigenvalue weighted by Crippen LogP contribution is 2.21. The molecule has 2 saturated heterocycles. The summed E-state index contributed by atoms with van der Waals surface area (Å²) in [5.41, 5.74) is -1.04. The van der Waals surface area contributed by atoms with Crippen LogP contribution in [0.15, 0.2) is 0 Å². The molecule has 2 fully saturated rings. The van der Waals surface area contributed by atoms with E-state index in [0.29, 0.717) is 26.1 Å². The molecule has 0 aromatic heterocycles. The van der Waals surface area contributed by atoms with Gasteiger partial charge in [-0.15, -0.1) is 0 Å². The second-order valence-corrected chi connectivity index (χ2v) is 10.4. The normalized spacial score (nSPS) is 21.3. The second kappa shape index (κ2) is 12.1. The summed E-state index contributed by atoms with van der Waals surface area (Å²) in [7, 11) is 1.37. The van der Waals surface area contributed by atoms with Crippen LogP contribution in [0, 0.1) is 11.8 Å². The Morgan fingerprint density at radius 1 is 0.758 bits per heavy atom. The van der Waals surface area contributed by atoms with Gasteiger partial charge in [0, 0.05) is 26.2 Å². The number of carboxylic acid groups (broad SMARTS) is 1. The molecular weight excluding hydrogens is 432 g/mol. The van der Waals surface area contributed by atoms with E-state index in [1.54, 1.807) is 25.7 Å². The van der Waals surface area contributed by atoms with Crippen LogP contribution in [0.2, 0.25) is 0 Å². The molecule has 2 aliphatic heterocycles. The number of carboxylic acids is 1. The number of rotatable bonds is 2. The summed E-state index contributed by atoms with van der Waals surface area (Å²) in [5.74, 6) is -1.77. The number of likely N-dealkylation sites (tertiary alicyclic amines) is 2. The summed E-state index contributed by atoms with van der Waals surface area (Å²) in [6, 6.07) is 0. The smallest absolute Gasteiger partial charge is 0.410 e. The zero-order valence-electron chi connectivity index (χ0n) is 21.0. The van der Waals surface area contributed by atoms with Crippen molar-refractivity contribution in [1.29, 1.82) is 0 Å². The predicted molar refractivity (Wildman–Crippen MR) is 121 cm³/mol. The van der Waals surface area contributed by atoms with E-state index in [4.69, 9.17) is 19.3 Å². The first kappa shape index (κ1) is 28.5. The highest BCUT2D eigenvalue weighted by atomic mass is 16.6. The van der Waals surface area contributed by atoms with E-state index >= 15 is 0 Å². The highest BCUT2D eigenvalue weighted by molar-refractivity contribution is 5.75. The van der Waals surface area contributed by atoms with Gasteiger partial charge in [-0.1, -0.05) is 0 Å². The quantitative estimate of drug-likeness (QED) is 0.478. The number of hydrogen-bond acceptors (Lipinski definition) is 7. The number of carbonyl (C=O) groups excluding carboxylic acids is 3. The fourth-order valence-corrected chi connectivity index (χ4v) is 3.50. The number of hydrogen-bond donors (Lipinski definition) is 1. The van der Waals surface area contributed by atoms with Gasteiger partial charge in [0.15, 0.2) is 0 Å². The molecule has 2 amide bonds. The minimum atomic E-state index is -0.840. The predicted octanol–water partition coefficient (Wildman–Crippen LogP) is 3.52. The summed E-state index contributed by atoms with van der Waals surface area (Å²) < 4.78 is 15.2. The monoisotopic (exact) mass is 472 g/mol. The van der Waals surface area contributed by atoms with Gasteiger partial charge < -0.3 is 29.1 Å². The van der Waals surface area contributed by atoms with Gasteiger partial charge in [0.1, 0.15) is 11.2 Å². The fraction of sp³-hybridized carbons (Fsp3) is 0.826. The Morgan fingerprint density at radius 3 is 1.52 bits per heavy atom. The van der Waals surface area contributed by atoms with Crippen molar-refractivity contribution >= 4 is 24.1 Å². The van der Waals surface area contributed by atoms with Gasteiger partial charge in [-0.2, -0.15) is 0 Å². The molecule has 10 nitrogen and oxygen atoms in total. The summed E-state index contributed by atoms with van der Waals surface area (Å²) in [6.07, 6.45) is 2.15. The molecule has 2 rings (SSSR count). The SMILES string of the molecule is CC(C)(C)OC(=O)N1CCC[C@H](C(=O)O)C1.COC(=O)[C@H]1CCCN(C(=O)OC(C)(C)C)C1. The number of esters is 1. The van der Waals surface area contributed by atoms with Crippen LogP contribution >= 0.6 is 0 Å². The fourth-order valence-electron chi connectivity index (χ4n) is 3.50. The molecule has 0 aromatic carbocycles. The van der Waals surface area contributed by atoms with Gasteiger partial charge in [-0.25, -0.2) is 9.59 Å². The van der Waals surface area contributed by atoms with Gasteiger partial charge in [0.2, 0.25) is 0 Å². The van der Waals surface area contributed by atoms with Crippen LogP contribution in [0.1, 0.15) is 67.2 Å². The van der Waals surface area contributed by atoms with Gasteiger partial charge in [-0.3, -0.25) is 9.59 Å². The lowest BCUT2D eigenvalue weighted by atomic mass is 9.99. The molecular formula is C23H40N2O8. The van der Waals surface area contributed by atoms with E-state index in [1.165, 1.54) is 12.0 Å². The van der Waals surface area contributed by atoms with Crippen LogP contribution in [-0.2, 0) is 23.8 Å². The first-order valence-corrected chi connectivity index (χ1v) is 11.4. The standard InChI is InChI=1S/C12H21NO4.C11H19NO4/c1-12(2,3)17-11(15)13-7-5-6-9(8-13)10(14)16-4;1-11(2,3)16-10(15)12-6-4-5-8(7-12)9(13)14/h9H,5-8H2,1-4H3;8H,4-7H2,1-3H3,(H,13,14)/t9-;8-/m00/s1. The molecule has 190 valence electrons. The zero-order chi connectivity index (χ0) is 25.4. The molecule has 0 unspecified atom stereocenters. The van der Waals surface area contributed by atoms with E-state index in [1.807, 2.05) is 20.8 Å². The Kier molecular flexibility index (Phi) is 10.4. The third-order valence-corrected chi connectivity index (χ3v) is 5.03. The van der Waals surface area contributed by atoms with Crippen LogP contribution in [0.5, 0.6) is 0 Å². The number of methoxy groups -OCH3 is 1. The zero-order valence-corrected chi connectivity index (χ0v) is 21.0. The molecule has 1 N–H and O–H groups in total. The average Bonchev–Trinajstić information content (AvgIpc) is 2.71. The number of ether oxygens (including phenoxy) is 3. The summed E-state index contributed by atoms with van der Waals surface area (Å²) in [5, 5.41) is 8.89. The minimum absolute atomic E-state index is 0.221. The van der Waals surface area contributed by atoms with Crippen LogP contribution in [-0.4, -0.2) is 83.5 Å². The van der Waals surface area contributed by atoms with Crippen molar-refractivity contribution in [2.45, 2.75) is 78.4 Å². The van der Waals surface area contributed by atoms with Crippen molar-refractivity contribution in [2.24, 2.45) is 11.8 Å². The molecule has 0 spiro atoms. The van der Waals surface area contributed by atoms with Crippen molar-refractivity contribution in [3.05, 3.63) is 0 Å². The summed E-state index contributed by atoms with van der Waals surface area (Å²) in [6.45, 7) is 12.7. The van der Waals surface area contributed by atoms with Crippen molar-refractivity contribution in [2.75, 3.05) is 33.3 Å². The van der Waals surface area contributed by atoms with E-state index in [2.05, 4.69) is 0 Å². The van der Waals surface area contributed by atoms with E-state index in [-0.39, 0.29) is 24.5 Å². The van der Waals surface area contributed by atoms with Crippen LogP contribution < -0.4 is 0 Å². The lowest BCUT2D eigenvalue weighted by Gasteiger charge is -2.32. The maximum absolute atomic E-state index is 11.8. The van der Waals surface area contributed by atoms with Gasteiger partial charge in [0.05, 0.1) is 18.9 Å². The van der Waals surface area contributed by atoms with Gasteiger partial charge in [0.25, 0.3) is 0 Å². The number of nitrogens with zero attached hydrogens (tertiary/aromatic N) is 2. The van der Waals surface area contributed by atoms with Crippen molar-refractivity contribution in [3.63, 3.8) is 0 Å². The Hall–Kier alpha value is -2.52. The molecule has 10 heteroatoms. The number of aliphatic carboxylic acids is 1. The topological polar surface area (TPSA) is 123 Å². The molecule has 0 bridgehead atoms. The summed E-state index contributed by atoms with van der Waals surface area (Å²) >= 11 is 0. The maximum atomic E-state index is 11.8. The maximum Gasteiger partial charge on any atom is 0.410 e. The van der Waals surface area contributed by atoms with Gasteiger partial charge in [-0.05, 0) is 67.2 Å². The number of piperidine rings is 2. The van der Waals surface area contributed by atoms with E-state index in [9.17, 15) is 19.2 Å². The summed E-state index contributed by atoms with van der Waals surface area (Å²) in [4.78, 5) is 48.8. The van der Waals surface area contributed by atoms with Crippen LogP contribution in [0.3, 0.4) is 0 Å². The third-order valence-electron chi connectivity index (χ3n) is 5.03. The Bertz CT molecular complexity index is 696. The van der Waals surface area contributed by atoms with E-state index < -0.39 is 29.2 Å². The number of carbonyl (C=O) groups is 4. The van der Waals surface area contributed by atoms with Crippen molar-refractivity contribution in [3.8, 4) is 0 Å². The van der Waals surface area contributed by atoms with Crippen molar-refractivity contribution in [1.82, 2.24) is 9.80 Å². The average molecular weight is 473 g/mol. The van der Waals surface area contributed by atoms with Crippen LogP contribution in [0.25, 0.3) is 0 Å². The first-order chi connectivity index (χ1) is 15.1. The first-order valence-electron chi connectivity index (χ1n) is 11.4. The second-order valence-electron chi connectivity index (χ2n) is 10.4. The molecule has 2 heterocycles. The van der Waals surface area contributed by atoms with Crippen LogP contribution in [0.4, 0.5) is 9.59 Å². The minimum Gasteiger partial charge on any atom is -0.481 e. The van der Waals surface area contributed by atoms with Crippen molar-refractivity contribution < 1.29 is 38.5 Å². The molecule has 2 aliphatic rings. The molecule has 0 aromatic rings. The van der Waals surface area contributed by atoms with E-state index in [0.717, 1.165) is 19.3 Å². The lowest BCUT2D eigenvalue weighted by molar-refractivity contribution is -0.147. The molecule has 2 atom stereocenters. The Morgan fingerprint density at radius 2 is 1.15 bits per heavy atom. The molecule has 0 aliphatic carbocycles. The largest absolute Gasteiger partial charge is 0.481 e. The number of amides is 2. The lowest BCUT2D eigenvalue weighted by Crippen LogP contribution is -2.44. The molecule has 33 heavy (non-hydrogen) atoms. The molecule has 0 saturated carbocycles.